The minimum absolute atomic E-state index is 0.608. The van der Waals surface area contributed by atoms with Crippen molar-refractivity contribution in [3.8, 4) is 6.07 Å². The molecule has 2 heterocycles. The van der Waals surface area contributed by atoms with Crippen molar-refractivity contribution in [1.82, 2.24) is 14.5 Å². The van der Waals surface area contributed by atoms with E-state index in [4.69, 9.17) is 17.5 Å². The van der Waals surface area contributed by atoms with Crippen LogP contribution in [0.5, 0.6) is 0 Å². The third-order valence-electron chi connectivity index (χ3n) is 3.02. The molecule has 0 saturated carbocycles. The van der Waals surface area contributed by atoms with Crippen LogP contribution in [0.15, 0.2) is 42.7 Å². The third kappa shape index (κ3) is 2.02. The van der Waals surface area contributed by atoms with Gasteiger partial charge in [-0.3, -0.25) is 4.98 Å². The topological polar surface area (TPSA) is 57.4 Å². The van der Waals surface area contributed by atoms with E-state index in [1.54, 1.807) is 18.5 Å². The Morgan fingerprint density at radius 2 is 2.05 bits per heavy atom. The van der Waals surface area contributed by atoms with E-state index < -0.39 is 0 Å². The Kier molecular flexibility index (Phi) is 2.86. The number of hydrogen-bond acceptors (Lipinski definition) is 3. The summed E-state index contributed by atoms with van der Waals surface area (Å²) in [5.74, 6) is 0. The maximum Gasteiger partial charge on any atom is 0.178 e. The number of aromatic nitrogens is 3. The van der Waals surface area contributed by atoms with E-state index in [-0.39, 0.29) is 0 Å². The zero-order valence-electron chi connectivity index (χ0n) is 10.00. The molecule has 0 aliphatic carbocycles. The molecule has 0 aliphatic rings. The van der Waals surface area contributed by atoms with Gasteiger partial charge in [0.1, 0.15) is 6.07 Å². The van der Waals surface area contributed by atoms with Gasteiger partial charge in [0.15, 0.2) is 4.77 Å². The van der Waals surface area contributed by atoms with Gasteiger partial charge in [-0.15, -0.1) is 0 Å². The van der Waals surface area contributed by atoms with Crippen LogP contribution in [0.4, 0.5) is 0 Å². The van der Waals surface area contributed by atoms with Gasteiger partial charge in [0, 0.05) is 12.4 Å². The van der Waals surface area contributed by atoms with E-state index in [1.807, 2.05) is 28.8 Å². The van der Waals surface area contributed by atoms with Crippen LogP contribution >= 0.6 is 12.2 Å². The van der Waals surface area contributed by atoms with Crippen molar-refractivity contribution in [2.24, 2.45) is 0 Å². The summed E-state index contributed by atoms with van der Waals surface area (Å²) in [6.07, 6.45) is 3.52. The van der Waals surface area contributed by atoms with Gasteiger partial charge in [0.25, 0.3) is 0 Å². The second kappa shape index (κ2) is 4.67. The molecule has 4 nitrogen and oxygen atoms in total. The number of nitrogens with one attached hydrogen (secondary N) is 1. The monoisotopic (exact) mass is 266 g/mol. The third-order valence-corrected chi connectivity index (χ3v) is 3.34. The average molecular weight is 266 g/mol. The van der Waals surface area contributed by atoms with Crippen LogP contribution < -0.4 is 0 Å². The predicted molar refractivity (Wildman–Crippen MR) is 75.2 cm³/mol. The zero-order valence-corrected chi connectivity index (χ0v) is 10.8. The lowest BCUT2D eigenvalue weighted by atomic mass is 10.2. The summed E-state index contributed by atoms with van der Waals surface area (Å²) in [6, 6.07) is 11.7. The van der Waals surface area contributed by atoms with Gasteiger partial charge in [-0.2, -0.15) is 5.26 Å². The van der Waals surface area contributed by atoms with Gasteiger partial charge in [-0.25, -0.2) is 0 Å². The molecular weight excluding hydrogens is 256 g/mol. The first-order valence-electron chi connectivity index (χ1n) is 5.80. The Balaban J connectivity index is 2.17. The second-order valence-corrected chi connectivity index (χ2v) is 4.57. The molecule has 3 rings (SSSR count). The van der Waals surface area contributed by atoms with Crippen LogP contribution in [0.3, 0.4) is 0 Å². The average Bonchev–Trinajstić information content (AvgIpc) is 2.76. The quantitative estimate of drug-likeness (QED) is 0.725. The molecule has 0 atom stereocenters. The van der Waals surface area contributed by atoms with Crippen LogP contribution in [-0.4, -0.2) is 14.5 Å². The summed E-state index contributed by atoms with van der Waals surface area (Å²) in [4.78, 5) is 7.11. The maximum absolute atomic E-state index is 9.10. The molecule has 1 N–H and O–H groups in total. The first-order chi connectivity index (χ1) is 9.29. The number of aromatic amines is 1. The molecule has 3 aromatic rings. The highest BCUT2D eigenvalue weighted by molar-refractivity contribution is 7.71. The highest BCUT2D eigenvalue weighted by atomic mass is 32.1. The summed E-state index contributed by atoms with van der Waals surface area (Å²) in [7, 11) is 0. The van der Waals surface area contributed by atoms with Crippen molar-refractivity contribution in [1.29, 1.82) is 5.26 Å². The van der Waals surface area contributed by atoms with E-state index in [0.717, 1.165) is 16.6 Å². The molecule has 0 radical (unpaired) electrons. The number of nitrogens with zero attached hydrogens (tertiary/aromatic N) is 3. The van der Waals surface area contributed by atoms with E-state index in [2.05, 4.69) is 16.0 Å². The number of pyridine rings is 1. The smallest absolute Gasteiger partial charge is 0.178 e. The van der Waals surface area contributed by atoms with Crippen molar-refractivity contribution in [3.63, 3.8) is 0 Å². The SMILES string of the molecule is N#Cc1cccc2c1[nH]c(=S)n2Cc1ccncc1. The summed E-state index contributed by atoms with van der Waals surface area (Å²) < 4.78 is 2.61. The highest BCUT2D eigenvalue weighted by Crippen LogP contribution is 2.19. The summed E-state index contributed by atoms with van der Waals surface area (Å²) in [6.45, 7) is 0.663. The van der Waals surface area contributed by atoms with E-state index in [9.17, 15) is 0 Å². The number of benzene rings is 1. The molecule has 0 spiro atoms. The standard InChI is InChI=1S/C14H10N4S/c15-8-11-2-1-3-12-13(11)17-14(19)18(12)9-10-4-6-16-7-5-10/h1-7H,9H2,(H,17,19). The number of rotatable bonds is 2. The van der Waals surface area contributed by atoms with Gasteiger partial charge in [-0.1, -0.05) is 6.07 Å². The first kappa shape index (κ1) is 11.6. The Bertz CT molecular complexity index is 824. The molecule has 19 heavy (non-hydrogen) atoms. The van der Waals surface area contributed by atoms with Crippen LogP contribution in [0.25, 0.3) is 11.0 Å². The van der Waals surface area contributed by atoms with Gasteiger partial charge < -0.3 is 9.55 Å². The molecular formula is C14H10N4S. The second-order valence-electron chi connectivity index (χ2n) is 4.18. The molecule has 0 unspecified atom stereocenters. The number of imidazole rings is 1. The molecule has 2 aromatic heterocycles. The maximum atomic E-state index is 9.10. The Morgan fingerprint density at radius 3 is 2.79 bits per heavy atom. The molecule has 5 heteroatoms. The molecule has 0 bridgehead atoms. The highest BCUT2D eigenvalue weighted by Gasteiger charge is 2.08. The predicted octanol–water partition coefficient (Wildman–Crippen LogP) is 3.01. The molecule has 1 aromatic carbocycles. The first-order valence-corrected chi connectivity index (χ1v) is 6.21. The van der Waals surface area contributed by atoms with Crippen LogP contribution in [0.2, 0.25) is 0 Å². The van der Waals surface area contributed by atoms with Crippen molar-refractivity contribution in [3.05, 3.63) is 58.6 Å². The van der Waals surface area contributed by atoms with Gasteiger partial charge >= 0.3 is 0 Å². The fraction of sp³-hybridized carbons (Fsp3) is 0.0714. The Morgan fingerprint density at radius 1 is 1.26 bits per heavy atom. The number of H-pyrrole nitrogens is 1. The van der Waals surface area contributed by atoms with Crippen LogP contribution in [-0.2, 0) is 6.54 Å². The fourth-order valence-electron chi connectivity index (χ4n) is 2.10. The summed E-state index contributed by atoms with van der Waals surface area (Å²) in [5, 5.41) is 9.10. The fourth-order valence-corrected chi connectivity index (χ4v) is 2.37. The molecule has 0 aliphatic heterocycles. The van der Waals surface area contributed by atoms with Gasteiger partial charge in [0.05, 0.1) is 23.1 Å². The zero-order chi connectivity index (χ0) is 13.2. The Hall–Kier alpha value is -2.45. The largest absolute Gasteiger partial charge is 0.329 e. The van der Waals surface area contributed by atoms with Crippen LogP contribution in [0.1, 0.15) is 11.1 Å². The summed E-state index contributed by atoms with van der Waals surface area (Å²) in [5.41, 5.74) is 3.47. The molecule has 0 amide bonds. The molecule has 92 valence electrons. The normalized spacial score (nSPS) is 10.5. The van der Waals surface area contributed by atoms with Gasteiger partial charge in [0.2, 0.25) is 0 Å². The number of hydrogen-bond donors (Lipinski definition) is 1. The van der Waals surface area contributed by atoms with E-state index >= 15 is 0 Å². The summed E-state index contributed by atoms with van der Waals surface area (Å²) >= 11 is 5.34. The lowest BCUT2D eigenvalue weighted by molar-refractivity contribution is 0.809. The molecule has 0 fully saturated rings. The van der Waals surface area contributed by atoms with Gasteiger partial charge in [-0.05, 0) is 42.0 Å². The van der Waals surface area contributed by atoms with E-state index in [1.165, 1.54) is 0 Å². The minimum atomic E-state index is 0.608. The number of para-hydroxylation sites is 1. The van der Waals surface area contributed by atoms with Crippen molar-refractivity contribution >= 4 is 23.3 Å². The minimum Gasteiger partial charge on any atom is -0.329 e. The lowest BCUT2D eigenvalue weighted by Gasteiger charge is -2.04. The Labute approximate surface area is 115 Å². The van der Waals surface area contributed by atoms with E-state index in [0.29, 0.717) is 16.9 Å². The lowest BCUT2D eigenvalue weighted by Crippen LogP contribution is -1.99. The van der Waals surface area contributed by atoms with Crippen molar-refractivity contribution < 1.29 is 0 Å². The van der Waals surface area contributed by atoms with Crippen molar-refractivity contribution in [2.75, 3.05) is 0 Å². The molecule has 0 saturated heterocycles. The van der Waals surface area contributed by atoms with Crippen molar-refractivity contribution in [2.45, 2.75) is 6.54 Å². The van der Waals surface area contributed by atoms with Crippen LogP contribution in [0, 0.1) is 16.1 Å². The number of fused-ring (bicyclic) bond motifs is 1. The number of nitriles is 1.